The van der Waals surface area contributed by atoms with E-state index in [0.29, 0.717) is 0 Å². The Balaban J connectivity index is 2.86. The molecule has 7 heteroatoms. The summed E-state index contributed by atoms with van der Waals surface area (Å²) in [5, 5.41) is 19.2. The third-order valence-corrected chi connectivity index (χ3v) is 2.51. The van der Waals surface area contributed by atoms with Gasteiger partial charge in [0.05, 0.1) is 13.7 Å². The lowest BCUT2D eigenvalue weighted by atomic mass is 10.1. The van der Waals surface area contributed by atoms with Gasteiger partial charge in [-0.1, -0.05) is 0 Å². The number of ether oxygens (including phenoxy) is 2. The number of esters is 1. The molecule has 0 radical (unpaired) electrons. The minimum absolute atomic E-state index is 0.171. The van der Waals surface area contributed by atoms with Crippen molar-refractivity contribution in [1.29, 1.82) is 0 Å². The van der Waals surface area contributed by atoms with Crippen LogP contribution in [0, 0.1) is 0 Å². The predicted octanol–water partition coefficient (Wildman–Crippen LogP) is -0.500. The van der Waals surface area contributed by atoms with E-state index in [-0.39, 0.29) is 6.54 Å². The number of aliphatic hydroxyl groups is 2. The summed E-state index contributed by atoms with van der Waals surface area (Å²) >= 11 is 0. The maximum atomic E-state index is 11.9. The van der Waals surface area contributed by atoms with Crippen LogP contribution in [0.5, 0.6) is 0 Å². The summed E-state index contributed by atoms with van der Waals surface area (Å²) < 4.78 is 9.60. The van der Waals surface area contributed by atoms with E-state index in [1.807, 2.05) is 0 Å². The Morgan fingerprint density at radius 3 is 2.28 bits per heavy atom. The summed E-state index contributed by atoms with van der Waals surface area (Å²) in [6, 6.07) is -1.24. The van der Waals surface area contributed by atoms with Crippen LogP contribution in [0.2, 0.25) is 0 Å². The average Bonchev–Trinajstić information content (AvgIpc) is 2.52. The first-order valence-electron chi connectivity index (χ1n) is 5.61. The van der Waals surface area contributed by atoms with Gasteiger partial charge in [0.1, 0.15) is 17.8 Å². The molecule has 1 unspecified atom stereocenters. The van der Waals surface area contributed by atoms with Crippen molar-refractivity contribution in [1.82, 2.24) is 4.90 Å². The highest BCUT2D eigenvalue weighted by Gasteiger charge is 2.48. The van der Waals surface area contributed by atoms with Crippen LogP contribution in [-0.2, 0) is 14.3 Å². The monoisotopic (exact) mass is 261 g/mol. The number of amides is 1. The number of hydrogen-bond donors (Lipinski definition) is 2. The van der Waals surface area contributed by atoms with Crippen molar-refractivity contribution in [2.24, 2.45) is 0 Å². The van der Waals surface area contributed by atoms with E-state index in [4.69, 9.17) is 4.74 Å². The van der Waals surface area contributed by atoms with Crippen molar-refractivity contribution < 1.29 is 29.3 Å². The lowest BCUT2D eigenvalue weighted by molar-refractivity contribution is -0.149. The fraction of sp³-hybridized carbons (Fsp3) is 0.818. The molecule has 0 bridgehead atoms. The number of β-amino-alcohol motifs (C(OH)–C–C–N with tert-alkyl or cyclic N) is 1. The number of carbonyl (C=O) groups is 2. The summed E-state index contributed by atoms with van der Waals surface area (Å²) in [6.07, 6.45) is -3.33. The second kappa shape index (κ2) is 5.11. The molecular formula is C11H19NO6. The Bertz CT molecular complexity index is 337. The average molecular weight is 261 g/mol. The minimum Gasteiger partial charge on any atom is -0.467 e. The van der Waals surface area contributed by atoms with Crippen molar-refractivity contribution in [2.45, 2.75) is 44.6 Å². The number of carbonyl (C=O) groups excluding carboxylic acids is 2. The van der Waals surface area contributed by atoms with Crippen molar-refractivity contribution in [3.63, 3.8) is 0 Å². The van der Waals surface area contributed by atoms with Gasteiger partial charge in [0.25, 0.3) is 0 Å². The molecule has 2 N–H and O–H groups in total. The molecular weight excluding hydrogens is 242 g/mol. The zero-order valence-corrected chi connectivity index (χ0v) is 10.9. The summed E-state index contributed by atoms with van der Waals surface area (Å²) in [4.78, 5) is 24.3. The largest absolute Gasteiger partial charge is 0.467 e. The zero-order chi connectivity index (χ0) is 14.1. The van der Waals surface area contributed by atoms with Crippen molar-refractivity contribution >= 4 is 12.1 Å². The van der Waals surface area contributed by atoms with E-state index in [9.17, 15) is 19.8 Å². The molecule has 1 aliphatic rings. The molecule has 0 saturated carbocycles. The van der Waals surface area contributed by atoms with Crippen LogP contribution in [0.15, 0.2) is 0 Å². The molecule has 1 fully saturated rings. The van der Waals surface area contributed by atoms with Crippen LogP contribution in [0.1, 0.15) is 20.8 Å². The Kier molecular flexibility index (Phi) is 4.18. The van der Waals surface area contributed by atoms with Crippen LogP contribution in [0.3, 0.4) is 0 Å². The quantitative estimate of drug-likeness (QED) is 0.618. The van der Waals surface area contributed by atoms with Crippen LogP contribution in [-0.4, -0.2) is 64.7 Å². The highest BCUT2D eigenvalue weighted by molar-refractivity contribution is 5.83. The maximum absolute atomic E-state index is 11.9. The van der Waals surface area contributed by atoms with Crippen molar-refractivity contribution in [2.75, 3.05) is 13.7 Å². The van der Waals surface area contributed by atoms with E-state index in [0.717, 1.165) is 12.0 Å². The standard InChI is InChI=1S/C11H19NO6/c1-11(2,3)18-10(16)12-5-6(13)8(14)7(12)9(15)17-4/h6-8,13-14H,5H2,1-4H3/t6-,7+,8?/m1/s1. The number of nitrogens with zero attached hydrogens (tertiary/aromatic N) is 1. The topological polar surface area (TPSA) is 96.3 Å². The molecule has 104 valence electrons. The molecule has 1 rings (SSSR count). The van der Waals surface area contributed by atoms with Crippen LogP contribution in [0.25, 0.3) is 0 Å². The summed E-state index contributed by atoms with van der Waals surface area (Å²) in [6.45, 7) is 4.87. The molecule has 7 nitrogen and oxygen atoms in total. The Morgan fingerprint density at radius 1 is 1.28 bits per heavy atom. The van der Waals surface area contributed by atoms with Gasteiger partial charge in [-0.05, 0) is 20.8 Å². The predicted molar refractivity (Wildman–Crippen MR) is 60.8 cm³/mol. The first-order chi connectivity index (χ1) is 8.17. The molecule has 1 heterocycles. The molecule has 0 aromatic carbocycles. The van der Waals surface area contributed by atoms with E-state index in [1.54, 1.807) is 20.8 Å². The lowest BCUT2D eigenvalue weighted by Gasteiger charge is -2.27. The highest BCUT2D eigenvalue weighted by Crippen LogP contribution is 2.22. The molecule has 3 atom stereocenters. The number of methoxy groups -OCH3 is 1. The van der Waals surface area contributed by atoms with Crippen LogP contribution < -0.4 is 0 Å². The fourth-order valence-electron chi connectivity index (χ4n) is 1.71. The van der Waals surface area contributed by atoms with E-state index < -0.39 is 35.9 Å². The Labute approximate surface area is 105 Å². The first kappa shape index (κ1) is 14.7. The third-order valence-electron chi connectivity index (χ3n) is 2.51. The van der Waals surface area contributed by atoms with E-state index in [1.165, 1.54) is 0 Å². The number of rotatable bonds is 1. The van der Waals surface area contributed by atoms with Gasteiger partial charge in [-0.2, -0.15) is 0 Å². The molecule has 0 spiro atoms. The Morgan fingerprint density at radius 2 is 1.83 bits per heavy atom. The van der Waals surface area contributed by atoms with Gasteiger partial charge in [-0.25, -0.2) is 9.59 Å². The van der Waals surface area contributed by atoms with Gasteiger partial charge in [-0.15, -0.1) is 0 Å². The normalized spacial score (nSPS) is 28.1. The maximum Gasteiger partial charge on any atom is 0.411 e. The summed E-state index contributed by atoms with van der Waals surface area (Å²) in [7, 11) is 1.15. The molecule has 1 amide bonds. The molecule has 18 heavy (non-hydrogen) atoms. The number of hydrogen-bond acceptors (Lipinski definition) is 6. The smallest absolute Gasteiger partial charge is 0.411 e. The van der Waals surface area contributed by atoms with Crippen LogP contribution in [0.4, 0.5) is 4.79 Å². The molecule has 0 aromatic rings. The van der Waals surface area contributed by atoms with E-state index >= 15 is 0 Å². The molecule has 1 aliphatic heterocycles. The third kappa shape index (κ3) is 3.11. The second-order valence-electron chi connectivity index (χ2n) is 5.16. The molecule has 0 aromatic heterocycles. The van der Waals surface area contributed by atoms with Crippen molar-refractivity contribution in [3.8, 4) is 0 Å². The zero-order valence-electron chi connectivity index (χ0n) is 10.9. The Hall–Kier alpha value is -1.34. The van der Waals surface area contributed by atoms with Crippen molar-refractivity contribution in [3.05, 3.63) is 0 Å². The summed E-state index contributed by atoms with van der Waals surface area (Å²) in [5.41, 5.74) is -0.726. The first-order valence-corrected chi connectivity index (χ1v) is 5.61. The second-order valence-corrected chi connectivity index (χ2v) is 5.16. The van der Waals surface area contributed by atoms with Gasteiger partial charge < -0.3 is 19.7 Å². The number of aliphatic hydroxyl groups excluding tert-OH is 2. The van der Waals surface area contributed by atoms with E-state index in [2.05, 4.69) is 4.74 Å². The molecule has 0 aliphatic carbocycles. The minimum atomic E-state index is -1.37. The van der Waals surface area contributed by atoms with Crippen LogP contribution >= 0.6 is 0 Å². The fourth-order valence-corrected chi connectivity index (χ4v) is 1.71. The SMILES string of the molecule is COC(=O)[C@@H]1C(O)[C@H](O)CN1C(=O)OC(C)(C)C. The van der Waals surface area contributed by atoms with Gasteiger partial charge in [-0.3, -0.25) is 4.90 Å². The number of likely N-dealkylation sites (tertiary alicyclic amines) is 1. The van der Waals surface area contributed by atoms with Gasteiger partial charge in [0.15, 0.2) is 6.04 Å². The lowest BCUT2D eigenvalue weighted by Crippen LogP contribution is -2.47. The highest BCUT2D eigenvalue weighted by atomic mass is 16.6. The van der Waals surface area contributed by atoms with Gasteiger partial charge >= 0.3 is 12.1 Å². The van der Waals surface area contributed by atoms with Gasteiger partial charge in [0, 0.05) is 0 Å². The summed E-state index contributed by atoms with van der Waals surface area (Å²) in [5.74, 6) is -0.787. The van der Waals surface area contributed by atoms with Gasteiger partial charge in [0.2, 0.25) is 0 Å². The molecule has 1 saturated heterocycles.